The van der Waals surface area contributed by atoms with Crippen molar-refractivity contribution in [3.8, 4) is 23.0 Å². The zero-order valence-electron chi connectivity index (χ0n) is 18.3. The van der Waals surface area contributed by atoms with E-state index in [4.69, 9.17) is 29.2 Å². The number of hydrogen-bond acceptors (Lipinski definition) is 10. The molecule has 0 spiro atoms. The van der Waals surface area contributed by atoms with Crippen molar-refractivity contribution in [1.29, 1.82) is 0 Å². The van der Waals surface area contributed by atoms with Crippen LogP contribution < -0.4 is 18.9 Å². The van der Waals surface area contributed by atoms with E-state index in [0.29, 0.717) is 19.3 Å². The predicted molar refractivity (Wildman–Crippen MR) is 117 cm³/mol. The highest BCUT2D eigenvalue weighted by Gasteiger charge is 2.24. The lowest BCUT2D eigenvalue weighted by molar-refractivity contribution is -0.385. The zero-order chi connectivity index (χ0) is 25.3. The number of nitroso groups, excluding NO2 is 1. The maximum absolute atomic E-state index is 11.2. The molecule has 0 bridgehead atoms. The number of nitro benzene ring substituents is 1. The summed E-state index contributed by atoms with van der Waals surface area (Å²) < 4.78 is 21.3. The standard InChI is InChI=1S/C21H22N2O11/c1-31-16-8-12(20(24)25)14(22-28)10-18(16)33-6-4-3-5-7-34-19-11-15(23(29)30)13(21(26)27)9-17(19)32-2/h8-11H,3-7H2,1-2H3,(H,24,25)(H,26,27). The number of ether oxygens (including phenoxy) is 4. The Bertz CT molecular complexity index is 1080. The minimum absolute atomic E-state index is 0.0487. The van der Waals surface area contributed by atoms with Gasteiger partial charge in [-0.1, -0.05) is 0 Å². The Labute approximate surface area is 192 Å². The van der Waals surface area contributed by atoms with Gasteiger partial charge >= 0.3 is 11.9 Å². The molecule has 0 unspecified atom stereocenters. The van der Waals surface area contributed by atoms with Crippen LogP contribution in [0.3, 0.4) is 0 Å². The monoisotopic (exact) mass is 478 g/mol. The summed E-state index contributed by atoms with van der Waals surface area (Å²) in [5.74, 6) is -2.35. The number of carboxylic acids is 2. The lowest BCUT2D eigenvalue weighted by Crippen LogP contribution is -2.06. The average Bonchev–Trinajstić information content (AvgIpc) is 2.81. The molecule has 0 heterocycles. The molecule has 2 aromatic rings. The maximum atomic E-state index is 11.2. The topological polar surface area (TPSA) is 184 Å². The lowest BCUT2D eigenvalue weighted by atomic mass is 10.1. The first-order valence-electron chi connectivity index (χ1n) is 9.87. The predicted octanol–water partition coefficient (Wildman–Crippen LogP) is 4.03. The summed E-state index contributed by atoms with van der Waals surface area (Å²) in [6.07, 6.45) is 1.73. The van der Waals surface area contributed by atoms with Crippen molar-refractivity contribution in [2.75, 3.05) is 27.4 Å². The zero-order valence-corrected chi connectivity index (χ0v) is 18.3. The number of rotatable bonds is 14. The van der Waals surface area contributed by atoms with Gasteiger partial charge in [0.1, 0.15) is 11.3 Å². The normalized spacial score (nSPS) is 10.3. The molecule has 0 amide bonds. The van der Waals surface area contributed by atoms with E-state index < -0.39 is 28.1 Å². The Morgan fingerprint density at radius 1 is 0.853 bits per heavy atom. The van der Waals surface area contributed by atoms with E-state index >= 15 is 0 Å². The van der Waals surface area contributed by atoms with Crippen LogP contribution in [0, 0.1) is 15.0 Å². The van der Waals surface area contributed by atoms with Crippen molar-refractivity contribution >= 4 is 23.3 Å². The molecule has 0 aliphatic heterocycles. The van der Waals surface area contributed by atoms with Gasteiger partial charge in [0.25, 0.3) is 5.69 Å². The summed E-state index contributed by atoms with van der Waals surface area (Å²) in [5.41, 5.74) is -1.70. The van der Waals surface area contributed by atoms with Gasteiger partial charge < -0.3 is 29.2 Å². The Morgan fingerprint density at radius 3 is 1.79 bits per heavy atom. The van der Waals surface area contributed by atoms with Gasteiger partial charge in [-0.15, -0.1) is 4.91 Å². The van der Waals surface area contributed by atoms with E-state index in [9.17, 15) is 24.6 Å². The molecule has 2 aromatic carbocycles. The molecule has 0 fully saturated rings. The van der Waals surface area contributed by atoms with Gasteiger partial charge in [-0.2, -0.15) is 0 Å². The van der Waals surface area contributed by atoms with Gasteiger partial charge in [-0.25, -0.2) is 9.59 Å². The highest BCUT2D eigenvalue weighted by atomic mass is 16.6. The minimum Gasteiger partial charge on any atom is -0.493 e. The van der Waals surface area contributed by atoms with E-state index in [1.807, 2.05) is 0 Å². The van der Waals surface area contributed by atoms with E-state index in [1.165, 1.54) is 20.3 Å². The molecular weight excluding hydrogens is 456 g/mol. The number of aromatic carboxylic acids is 2. The molecule has 0 saturated carbocycles. The summed E-state index contributed by atoms with van der Waals surface area (Å²) in [5, 5.41) is 32.1. The number of carboxylic acid groups (broad SMARTS) is 2. The van der Waals surface area contributed by atoms with Crippen LogP contribution in [-0.2, 0) is 0 Å². The van der Waals surface area contributed by atoms with Crippen LogP contribution in [-0.4, -0.2) is 54.5 Å². The lowest BCUT2D eigenvalue weighted by Gasteiger charge is -2.13. The fourth-order valence-electron chi connectivity index (χ4n) is 2.96. The second-order valence-electron chi connectivity index (χ2n) is 6.76. The molecule has 0 radical (unpaired) electrons. The van der Waals surface area contributed by atoms with E-state index in [2.05, 4.69) is 5.18 Å². The van der Waals surface area contributed by atoms with Crippen molar-refractivity contribution in [2.24, 2.45) is 5.18 Å². The number of unbranched alkanes of at least 4 members (excludes halogenated alkanes) is 2. The summed E-state index contributed by atoms with van der Waals surface area (Å²) in [6.45, 7) is 0.402. The first-order chi connectivity index (χ1) is 16.2. The van der Waals surface area contributed by atoms with Crippen LogP contribution in [0.15, 0.2) is 29.4 Å². The Hall–Kier alpha value is -4.42. The van der Waals surface area contributed by atoms with Gasteiger partial charge in [0, 0.05) is 18.2 Å². The molecular formula is C21H22N2O11. The van der Waals surface area contributed by atoms with Crippen molar-refractivity contribution in [2.45, 2.75) is 19.3 Å². The molecule has 0 atom stereocenters. The number of methoxy groups -OCH3 is 2. The van der Waals surface area contributed by atoms with E-state index in [1.54, 1.807) is 0 Å². The average molecular weight is 478 g/mol. The van der Waals surface area contributed by atoms with Crippen molar-refractivity contribution in [1.82, 2.24) is 0 Å². The number of benzene rings is 2. The number of nitrogens with zero attached hydrogens (tertiary/aromatic N) is 2. The third kappa shape index (κ3) is 6.31. The molecule has 0 aliphatic rings. The molecule has 0 saturated heterocycles. The van der Waals surface area contributed by atoms with Gasteiger partial charge in [-0.3, -0.25) is 10.1 Å². The summed E-state index contributed by atoms with van der Waals surface area (Å²) in [7, 11) is 2.63. The first kappa shape index (κ1) is 25.8. The molecule has 13 heteroatoms. The Kier molecular flexibility index (Phi) is 9.11. The smallest absolute Gasteiger partial charge is 0.342 e. The SMILES string of the molecule is COc1cc(C(=O)O)c(N=O)cc1OCCCCCOc1cc([N+](=O)[O-])c(C(=O)O)cc1OC. The first-order valence-corrected chi connectivity index (χ1v) is 9.87. The maximum Gasteiger partial charge on any atom is 0.342 e. The van der Waals surface area contributed by atoms with Crippen LogP contribution in [0.2, 0.25) is 0 Å². The summed E-state index contributed by atoms with van der Waals surface area (Å²) in [4.78, 5) is 43.7. The van der Waals surface area contributed by atoms with Crippen molar-refractivity contribution in [3.05, 3.63) is 50.4 Å². The molecule has 2 rings (SSSR count). The molecule has 34 heavy (non-hydrogen) atoms. The van der Waals surface area contributed by atoms with E-state index in [-0.39, 0.29) is 47.5 Å². The Morgan fingerprint density at radius 2 is 1.35 bits per heavy atom. The van der Waals surface area contributed by atoms with Gasteiger partial charge in [0.15, 0.2) is 23.0 Å². The van der Waals surface area contributed by atoms with Gasteiger partial charge in [0.2, 0.25) is 0 Å². The highest BCUT2D eigenvalue weighted by Crippen LogP contribution is 2.36. The summed E-state index contributed by atoms with van der Waals surface area (Å²) >= 11 is 0. The fraction of sp³-hybridized carbons (Fsp3) is 0.333. The van der Waals surface area contributed by atoms with Gasteiger partial charge in [0.05, 0.1) is 44.0 Å². The van der Waals surface area contributed by atoms with Crippen LogP contribution in [0.5, 0.6) is 23.0 Å². The second-order valence-corrected chi connectivity index (χ2v) is 6.76. The molecule has 182 valence electrons. The quantitative estimate of drug-likeness (QED) is 0.173. The third-order valence-electron chi connectivity index (χ3n) is 4.62. The minimum atomic E-state index is -1.46. The van der Waals surface area contributed by atoms with Crippen LogP contribution >= 0.6 is 0 Å². The molecule has 13 nitrogen and oxygen atoms in total. The summed E-state index contributed by atoms with van der Waals surface area (Å²) in [6, 6.07) is 4.40. The number of nitro groups is 1. The highest BCUT2D eigenvalue weighted by molar-refractivity contribution is 5.94. The number of hydrogen-bond donors (Lipinski definition) is 2. The molecule has 0 aliphatic carbocycles. The third-order valence-corrected chi connectivity index (χ3v) is 4.62. The second kappa shape index (κ2) is 12.0. The Balaban J connectivity index is 1.91. The largest absolute Gasteiger partial charge is 0.493 e. The van der Waals surface area contributed by atoms with Crippen molar-refractivity contribution in [3.63, 3.8) is 0 Å². The molecule has 0 aromatic heterocycles. The molecule has 2 N–H and O–H groups in total. The fourth-order valence-corrected chi connectivity index (χ4v) is 2.96. The number of carbonyl (C=O) groups is 2. The van der Waals surface area contributed by atoms with E-state index in [0.717, 1.165) is 18.2 Å². The van der Waals surface area contributed by atoms with Crippen molar-refractivity contribution < 1.29 is 43.7 Å². The van der Waals surface area contributed by atoms with Gasteiger partial charge in [-0.05, 0) is 24.4 Å². The van der Waals surface area contributed by atoms with Crippen LogP contribution in [0.1, 0.15) is 40.0 Å². The van der Waals surface area contributed by atoms with Crippen LogP contribution in [0.4, 0.5) is 11.4 Å². The van der Waals surface area contributed by atoms with Crippen LogP contribution in [0.25, 0.3) is 0 Å².